The normalized spacial score (nSPS) is 17.5. The highest BCUT2D eigenvalue weighted by molar-refractivity contribution is 14.1. The van der Waals surface area contributed by atoms with Gasteiger partial charge in [-0.3, -0.25) is 0 Å². The van der Waals surface area contributed by atoms with Crippen LogP contribution < -0.4 is 24.3 Å². The first-order valence-corrected chi connectivity index (χ1v) is 27.9. The molecule has 9 rings (SSSR count). The molecule has 77 heavy (non-hydrogen) atoms. The topological polar surface area (TPSA) is 135 Å². The summed E-state index contributed by atoms with van der Waals surface area (Å²) >= 11 is 2.15. The molecule has 6 aromatic rings. The zero-order valence-corrected chi connectivity index (χ0v) is 47.4. The molecule has 5 aromatic carbocycles. The fourth-order valence-electron chi connectivity index (χ4n) is 9.56. The van der Waals surface area contributed by atoms with Crippen molar-refractivity contribution < 1.29 is 42.4 Å². The number of aromatic nitrogens is 3. The number of anilines is 4. The number of nitrogens with zero attached hydrogens (tertiary/aromatic N) is 7. The number of benzene rings is 5. The lowest BCUT2D eigenvalue weighted by Crippen LogP contribution is -2.46. The number of ether oxygens (including phenoxy) is 4. The van der Waals surface area contributed by atoms with Crippen LogP contribution in [0.2, 0.25) is 0 Å². The summed E-state index contributed by atoms with van der Waals surface area (Å²) in [7, 11) is 0. The van der Waals surface area contributed by atoms with Crippen molar-refractivity contribution in [1.29, 1.82) is 0 Å². The number of aryl methyl sites for hydroxylation is 2. The molecule has 0 bridgehead atoms. The van der Waals surface area contributed by atoms with Gasteiger partial charge in [-0.05, 0) is 169 Å². The van der Waals surface area contributed by atoms with E-state index in [1.165, 1.54) is 18.5 Å². The first-order valence-electron chi connectivity index (χ1n) is 25.7. The third-order valence-corrected chi connectivity index (χ3v) is 13.4. The molecular formula is C60H76F2IN7O7. The Bertz CT molecular complexity index is 2860. The predicted octanol–water partition coefficient (Wildman–Crippen LogP) is 11.8. The molecule has 0 unspecified atom stereocenters. The number of hydrogen-bond acceptors (Lipinski definition) is 13. The van der Waals surface area contributed by atoms with E-state index in [2.05, 4.69) is 64.4 Å². The largest absolute Gasteiger partial charge is 0.508 e. The average molecular weight is 1170 g/mol. The highest BCUT2D eigenvalue weighted by Gasteiger charge is 2.45. The molecule has 14 nitrogen and oxygen atoms in total. The van der Waals surface area contributed by atoms with Gasteiger partial charge in [-0.15, -0.1) is 0 Å². The van der Waals surface area contributed by atoms with Gasteiger partial charge in [0.2, 0.25) is 0 Å². The molecule has 3 fully saturated rings. The standard InChI is InChI=1S/C36H41F2N5O4.C22H28N2O3.CH3I.CH4/c1-25-17-30(42-15-13-41(14-16-42)29-8-5-27(6-9-29)34(44)47-35(2,3)4)10-12-33(25)45-20-26-19-36(46-21-26,22-43-24-39-23-40-43)31-11-7-28(37)18-32(31)38;1-16-15-19(9-10-20(16)25)24-13-11-23(12-14-24)18-7-5-17(6-8-18)21(26)27-22(2,3)4;1-2;/h5-12,17-18,23-24,26H,13-16,19-22H2,1-4H3;5-10,15,25H,11-14H2,1-4H3;1H3;1H4/t26-,36+;;;/m1.../s1. The van der Waals surface area contributed by atoms with Crippen molar-refractivity contribution in [3.05, 3.63) is 155 Å². The third-order valence-electron chi connectivity index (χ3n) is 13.4. The number of halogens is 3. The fraction of sp³-hybridized carbons (Fsp3) is 0.433. The molecule has 2 atom stereocenters. The van der Waals surface area contributed by atoms with Crippen LogP contribution in [0.25, 0.3) is 0 Å². The number of piperazine rings is 2. The van der Waals surface area contributed by atoms with Gasteiger partial charge in [-0.1, -0.05) is 36.1 Å². The SMILES string of the molecule is C.CI.Cc1cc(N2CCN(c3ccc(C(=O)OC(C)(C)C)cc3)CC2)ccc1O.Cc1cc(N2CCN(c3ccc(C(=O)OC(C)(C)C)cc3)CC2)ccc1OC[C@@H]1CO[C@@](Cn2cncn2)(c2ccc(F)cc2F)C1. The third kappa shape index (κ3) is 16.1. The number of phenolic OH excluding ortho intramolecular Hbond substituents is 1. The molecule has 0 radical (unpaired) electrons. The number of carbonyl (C=O) groups excluding carboxylic acids is 2. The first kappa shape index (κ1) is 59.8. The summed E-state index contributed by atoms with van der Waals surface area (Å²) < 4.78 is 53.7. The molecule has 0 saturated carbocycles. The molecular weight excluding hydrogens is 1100 g/mol. The number of hydrogen-bond donors (Lipinski definition) is 1. The minimum absolute atomic E-state index is 0. The number of esters is 2. The van der Waals surface area contributed by atoms with E-state index in [-0.39, 0.29) is 31.8 Å². The smallest absolute Gasteiger partial charge is 0.338 e. The molecule has 1 aromatic heterocycles. The van der Waals surface area contributed by atoms with Crippen molar-refractivity contribution in [3.8, 4) is 11.5 Å². The van der Waals surface area contributed by atoms with Gasteiger partial charge in [-0.25, -0.2) is 28.0 Å². The van der Waals surface area contributed by atoms with E-state index in [1.54, 1.807) is 17.1 Å². The van der Waals surface area contributed by atoms with Crippen LogP contribution in [0, 0.1) is 31.4 Å². The molecule has 0 aliphatic carbocycles. The van der Waals surface area contributed by atoms with Crippen LogP contribution in [0.4, 0.5) is 31.5 Å². The lowest BCUT2D eigenvalue weighted by molar-refractivity contribution is -0.0206. The Morgan fingerprint density at radius 3 is 1.58 bits per heavy atom. The maximum Gasteiger partial charge on any atom is 0.338 e. The first-order chi connectivity index (χ1) is 36.2. The molecule has 414 valence electrons. The molecule has 3 aliphatic rings. The second-order valence-electron chi connectivity index (χ2n) is 21.4. The van der Waals surface area contributed by atoms with Gasteiger partial charge in [0.25, 0.3) is 0 Å². The van der Waals surface area contributed by atoms with Gasteiger partial charge in [0, 0.05) is 92.7 Å². The number of aromatic hydroxyl groups is 1. The number of carbonyl (C=O) groups is 2. The molecule has 0 spiro atoms. The second-order valence-corrected chi connectivity index (χ2v) is 21.4. The minimum Gasteiger partial charge on any atom is -0.508 e. The van der Waals surface area contributed by atoms with Crippen molar-refractivity contribution in [3.63, 3.8) is 0 Å². The summed E-state index contributed by atoms with van der Waals surface area (Å²) in [6.07, 6.45) is 3.47. The maximum absolute atomic E-state index is 15.0. The van der Waals surface area contributed by atoms with E-state index in [1.807, 2.05) is 127 Å². The Balaban J connectivity index is 0.000000273. The van der Waals surface area contributed by atoms with Crippen molar-refractivity contribution in [2.24, 2.45) is 5.92 Å². The van der Waals surface area contributed by atoms with Crippen molar-refractivity contribution in [2.45, 2.75) is 92.6 Å². The number of phenols is 1. The van der Waals surface area contributed by atoms with Crippen LogP contribution in [0.5, 0.6) is 11.5 Å². The van der Waals surface area contributed by atoms with Crippen molar-refractivity contribution >= 4 is 57.3 Å². The highest BCUT2D eigenvalue weighted by atomic mass is 127. The van der Waals surface area contributed by atoms with E-state index in [0.29, 0.717) is 42.1 Å². The van der Waals surface area contributed by atoms with Gasteiger partial charge in [0.15, 0.2) is 0 Å². The molecule has 3 aliphatic heterocycles. The van der Waals surface area contributed by atoms with Crippen LogP contribution in [-0.2, 0) is 26.4 Å². The molecule has 1 N–H and O–H groups in total. The van der Waals surface area contributed by atoms with Gasteiger partial charge in [-0.2, -0.15) is 5.10 Å². The van der Waals surface area contributed by atoms with E-state index >= 15 is 0 Å². The van der Waals surface area contributed by atoms with Gasteiger partial charge in [0.05, 0.1) is 30.9 Å². The summed E-state index contributed by atoms with van der Waals surface area (Å²) in [6.45, 7) is 23.3. The van der Waals surface area contributed by atoms with Crippen LogP contribution in [-0.4, -0.2) is 114 Å². The van der Waals surface area contributed by atoms with Crippen molar-refractivity contribution in [2.75, 3.05) is 90.1 Å². The lowest BCUT2D eigenvalue weighted by atomic mass is 9.87. The van der Waals surface area contributed by atoms with Crippen LogP contribution in [0.3, 0.4) is 0 Å². The maximum atomic E-state index is 15.0. The average Bonchev–Trinajstić information content (AvgIpc) is 4.09. The Morgan fingerprint density at radius 2 is 1.14 bits per heavy atom. The Kier molecular flexibility index (Phi) is 20.4. The van der Waals surface area contributed by atoms with Gasteiger partial charge >= 0.3 is 11.9 Å². The van der Waals surface area contributed by atoms with Crippen molar-refractivity contribution in [1.82, 2.24) is 14.8 Å². The molecule has 4 heterocycles. The quantitative estimate of drug-likeness (QED) is 0.0708. The molecule has 17 heteroatoms. The summed E-state index contributed by atoms with van der Waals surface area (Å²) in [5.74, 6) is -0.760. The lowest BCUT2D eigenvalue weighted by Gasteiger charge is -2.37. The summed E-state index contributed by atoms with van der Waals surface area (Å²) in [4.78, 5) is 39.8. The monoisotopic (exact) mass is 1170 g/mol. The van der Waals surface area contributed by atoms with Crippen LogP contribution >= 0.6 is 22.6 Å². The molecule has 0 amide bonds. The van der Waals surface area contributed by atoms with E-state index < -0.39 is 28.4 Å². The number of rotatable bonds is 12. The fourth-order valence-corrected chi connectivity index (χ4v) is 9.56. The van der Waals surface area contributed by atoms with Gasteiger partial charge in [0.1, 0.15) is 52.6 Å². The van der Waals surface area contributed by atoms with Crippen LogP contribution in [0.1, 0.15) is 92.8 Å². The van der Waals surface area contributed by atoms with E-state index in [9.17, 15) is 23.5 Å². The number of alkyl halides is 1. The van der Waals surface area contributed by atoms with Gasteiger partial charge < -0.3 is 43.7 Å². The summed E-state index contributed by atoms with van der Waals surface area (Å²) in [5, 5.41) is 13.9. The Labute approximate surface area is 467 Å². The van der Waals surface area contributed by atoms with E-state index in [4.69, 9.17) is 18.9 Å². The highest BCUT2D eigenvalue weighted by Crippen LogP contribution is 2.42. The van der Waals surface area contributed by atoms with Crippen LogP contribution in [0.15, 0.2) is 116 Å². The summed E-state index contributed by atoms with van der Waals surface area (Å²) in [5.41, 5.74) is 5.80. The molecule has 3 saturated heterocycles. The van der Waals surface area contributed by atoms with E-state index in [0.717, 1.165) is 98.1 Å². The minimum atomic E-state index is -1.01. The Hall–Kier alpha value is -6.47. The second kappa shape index (κ2) is 26.3. The summed E-state index contributed by atoms with van der Waals surface area (Å²) in [6, 6.07) is 30.8. The zero-order chi connectivity index (χ0) is 54.8. The Morgan fingerprint density at radius 1 is 0.675 bits per heavy atom. The predicted molar refractivity (Wildman–Crippen MR) is 310 cm³/mol. The zero-order valence-electron chi connectivity index (χ0n) is 45.2.